The molecule has 0 fully saturated rings. The first kappa shape index (κ1) is 12.6. The van der Waals surface area contributed by atoms with Gasteiger partial charge in [-0.3, -0.25) is 4.79 Å². The Morgan fingerprint density at radius 2 is 2.22 bits per heavy atom. The molecule has 0 spiro atoms. The summed E-state index contributed by atoms with van der Waals surface area (Å²) in [6.45, 7) is 0.432. The Bertz CT molecular complexity index is 540. The molecule has 0 atom stereocenters. The number of benzene rings is 1. The van der Waals surface area contributed by atoms with Crippen LogP contribution in [0, 0.1) is 5.82 Å². The summed E-state index contributed by atoms with van der Waals surface area (Å²) in [7, 11) is 0. The van der Waals surface area contributed by atoms with Crippen molar-refractivity contribution in [2.24, 2.45) is 0 Å². The second-order valence-electron chi connectivity index (χ2n) is 3.73. The van der Waals surface area contributed by atoms with E-state index in [4.69, 9.17) is 16.0 Å². The summed E-state index contributed by atoms with van der Waals surface area (Å²) >= 11 is 5.66. The van der Waals surface area contributed by atoms with Gasteiger partial charge in [-0.25, -0.2) is 4.39 Å². The number of halogens is 2. The summed E-state index contributed by atoms with van der Waals surface area (Å²) in [6.07, 6.45) is 2.01. The summed E-state index contributed by atoms with van der Waals surface area (Å²) in [5, 5.41) is 2.79. The Kier molecular flexibility index (Phi) is 3.99. The zero-order valence-corrected chi connectivity index (χ0v) is 10.2. The lowest BCUT2D eigenvalue weighted by molar-refractivity contribution is 0.0926. The molecule has 2 rings (SSSR count). The van der Waals surface area contributed by atoms with Crippen LogP contribution < -0.4 is 5.32 Å². The fourth-order valence-electron chi connectivity index (χ4n) is 1.51. The van der Waals surface area contributed by atoms with Crippen LogP contribution in [-0.4, -0.2) is 12.5 Å². The van der Waals surface area contributed by atoms with Crippen LogP contribution in [0.3, 0.4) is 0 Å². The molecule has 5 heteroatoms. The first-order valence-electron chi connectivity index (χ1n) is 5.42. The van der Waals surface area contributed by atoms with E-state index in [0.717, 1.165) is 5.56 Å². The van der Waals surface area contributed by atoms with E-state index in [-0.39, 0.29) is 16.7 Å². The second kappa shape index (κ2) is 5.69. The molecule has 1 aromatic carbocycles. The van der Waals surface area contributed by atoms with Crippen LogP contribution in [0.2, 0.25) is 5.02 Å². The lowest BCUT2D eigenvalue weighted by Crippen LogP contribution is -2.25. The van der Waals surface area contributed by atoms with E-state index in [9.17, 15) is 9.18 Å². The van der Waals surface area contributed by atoms with Crippen molar-refractivity contribution in [2.75, 3.05) is 6.54 Å². The van der Waals surface area contributed by atoms with E-state index < -0.39 is 5.82 Å². The van der Waals surface area contributed by atoms with Gasteiger partial charge in [-0.05, 0) is 36.2 Å². The molecule has 0 aliphatic rings. The fourth-order valence-corrected chi connectivity index (χ4v) is 1.71. The molecule has 94 valence electrons. The van der Waals surface area contributed by atoms with E-state index >= 15 is 0 Å². The van der Waals surface area contributed by atoms with Crippen molar-refractivity contribution in [3.63, 3.8) is 0 Å². The minimum atomic E-state index is -0.444. The summed E-state index contributed by atoms with van der Waals surface area (Å²) < 4.78 is 17.9. The van der Waals surface area contributed by atoms with Crippen molar-refractivity contribution in [3.8, 4) is 0 Å². The van der Waals surface area contributed by atoms with Gasteiger partial charge in [-0.15, -0.1) is 0 Å². The van der Waals surface area contributed by atoms with Gasteiger partial charge in [0.15, 0.2) is 5.76 Å². The fraction of sp³-hybridized carbons (Fsp3) is 0.154. The Morgan fingerprint density at radius 1 is 1.39 bits per heavy atom. The molecule has 1 aromatic heterocycles. The number of carbonyl (C=O) groups excluding carboxylic acids is 1. The normalized spacial score (nSPS) is 10.3. The number of furan rings is 1. The van der Waals surface area contributed by atoms with E-state index in [1.165, 1.54) is 12.3 Å². The van der Waals surface area contributed by atoms with Crippen molar-refractivity contribution < 1.29 is 13.6 Å². The number of hydrogen-bond acceptors (Lipinski definition) is 2. The van der Waals surface area contributed by atoms with E-state index in [1.54, 1.807) is 24.3 Å². The number of hydrogen-bond donors (Lipinski definition) is 1. The lowest BCUT2D eigenvalue weighted by Gasteiger charge is -2.04. The van der Waals surface area contributed by atoms with Crippen molar-refractivity contribution in [2.45, 2.75) is 6.42 Å². The Labute approximate surface area is 109 Å². The van der Waals surface area contributed by atoms with Crippen LogP contribution in [0.25, 0.3) is 0 Å². The summed E-state index contributed by atoms with van der Waals surface area (Å²) in [6, 6.07) is 7.74. The van der Waals surface area contributed by atoms with Gasteiger partial charge >= 0.3 is 0 Å². The highest BCUT2D eigenvalue weighted by Crippen LogP contribution is 2.16. The number of amides is 1. The van der Waals surface area contributed by atoms with Gasteiger partial charge in [0.25, 0.3) is 5.91 Å². The highest BCUT2D eigenvalue weighted by molar-refractivity contribution is 6.30. The molecule has 0 aliphatic carbocycles. The summed E-state index contributed by atoms with van der Waals surface area (Å²) in [5.74, 6) is -0.444. The maximum Gasteiger partial charge on any atom is 0.286 e. The maximum atomic E-state index is 12.9. The van der Waals surface area contributed by atoms with Crippen LogP contribution in [-0.2, 0) is 6.42 Å². The van der Waals surface area contributed by atoms with Crippen LogP contribution in [0.15, 0.2) is 41.0 Å². The SMILES string of the molecule is O=C(NCCc1ccc(F)c(Cl)c1)c1ccco1. The van der Waals surface area contributed by atoms with Crippen LogP contribution in [0.4, 0.5) is 4.39 Å². The monoisotopic (exact) mass is 267 g/mol. The Hall–Kier alpha value is -1.81. The third kappa shape index (κ3) is 3.11. The van der Waals surface area contributed by atoms with Crippen molar-refractivity contribution >= 4 is 17.5 Å². The van der Waals surface area contributed by atoms with Gasteiger partial charge in [0.2, 0.25) is 0 Å². The summed E-state index contributed by atoms with van der Waals surface area (Å²) in [4.78, 5) is 11.5. The third-order valence-corrected chi connectivity index (χ3v) is 2.72. The largest absolute Gasteiger partial charge is 0.459 e. The van der Waals surface area contributed by atoms with Gasteiger partial charge in [0.1, 0.15) is 5.82 Å². The quantitative estimate of drug-likeness (QED) is 0.925. The van der Waals surface area contributed by atoms with Gasteiger partial charge in [0, 0.05) is 6.54 Å². The molecule has 1 N–H and O–H groups in total. The molecular formula is C13H11ClFNO2. The summed E-state index contributed by atoms with van der Waals surface area (Å²) in [5.41, 5.74) is 0.862. The molecule has 1 amide bonds. The maximum absolute atomic E-state index is 12.9. The first-order chi connectivity index (χ1) is 8.66. The third-order valence-electron chi connectivity index (χ3n) is 2.43. The topological polar surface area (TPSA) is 42.2 Å². The molecule has 0 unspecified atom stereocenters. The Morgan fingerprint density at radius 3 is 2.89 bits per heavy atom. The molecule has 2 aromatic rings. The van der Waals surface area contributed by atoms with E-state index in [1.807, 2.05) is 0 Å². The zero-order valence-electron chi connectivity index (χ0n) is 9.45. The average molecular weight is 268 g/mol. The highest BCUT2D eigenvalue weighted by Gasteiger charge is 2.07. The first-order valence-corrected chi connectivity index (χ1v) is 5.80. The minimum Gasteiger partial charge on any atom is -0.459 e. The zero-order chi connectivity index (χ0) is 13.0. The van der Waals surface area contributed by atoms with Gasteiger partial charge in [-0.2, -0.15) is 0 Å². The van der Waals surface area contributed by atoms with Crippen molar-refractivity contribution in [3.05, 3.63) is 58.8 Å². The molecule has 0 saturated heterocycles. The lowest BCUT2D eigenvalue weighted by atomic mass is 10.1. The molecule has 0 aliphatic heterocycles. The van der Waals surface area contributed by atoms with E-state index in [0.29, 0.717) is 13.0 Å². The molecular weight excluding hydrogens is 257 g/mol. The van der Waals surface area contributed by atoms with Gasteiger partial charge in [0.05, 0.1) is 11.3 Å². The molecule has 1 heterocycles. The second-order valence-corrected chi connectivity index (χ2v) is 4.14. The smallest absolute Gasteiger partial charge is 0.286 e. The van der Waals surface area contributed by atoms with Crippen LogP contribution in [0.5, 0.6) is 0 Å². The van der Waals surface area contributed by atoms with Crippen molar-refractivity contribution in [1.29, 1.82) is 0 Å². The Balaban J connectivity index is 1.85. The van der Waals surface area contributed by atoms with Gasteiger partial charge in [-0.1, -0.05) is 17.7 Å². The number of nitrogens with one attached hydrogen (secondary N) is 1. The minimum absolute atomic E-state index is 0.0878. The molecule has 3 nitrogen and oxygen atoms in total. The van der Waals surface area contributed by atoms with Crippen molar-refractivity contribution in [1.82, 2.24) is 5.32 Å². The predicted octanol–water partition coefficient (Wildman–Crippen LogP) is 3.04. The number of carbonyl (C=O) groups is 1. The predicted molar refractivity (Wildman–Crippen MR) is 66.2 cm³/mol. The molecule has 0 radical (unpaired) electrons. The van der Waals surface area contributed by atoms with Crippen LogP contribution in [0.1, 0.15) is 16.1 Å². The van der Waals surface area contributed by atoms with Gasteiger partial charge < -0.3 is 9.73 Å². The highest BCUT2D eigenvalue weighted by atomic mass is 35.5. The standard InChI is InChI=1S/C13H11ClFNO2/c14-10-8-9(3-4-11(10)15)5-6-16-13(17)12-2-1-7-18-12/h1-4,7-8H,5-6H2,(H,16,17). The van der Waals surface area contributed by atoms with E-state index in [2.05, 4.69) is 5.32 Å². The average Bonchev–Trinajstić information content (AvgIpc) is 2.87. The van der Waals surface area contributed by atoms with Crippen LogP contribution >= 0.6 is 11.6 Å². The molecule has 0 bridgehead atoms. The molecule has 0 saturated carbocycles. The molecule has 18 heavy (non-hydrogen) atoms. The number of rotatable bonds is 4.